The molecule has 0 bridgehead atoms. The maximum absolute atomic E-state index is 11.9. The summed E-state index contributed by atoms with van der Waals surface area (Å²) >= 11 is 0. The first-order chi connectivity index (χ1) is 10.3. The van der Waals surface area contributed by atoms with Gasteiger partial charge >= 0.3 is 0 Å². The van der Waals surface area contributed by atoms with Crippen LogP contribution >= 0.6 is 0 Å². The lowest BCUT2D eigenvalue weighted by Gasteiger charge is -2.37. The second kappa shape index (κ2) is 5.87. The van der Waals surface area contributed by atoms with Crippen LogP contribution in [0.4, 0.5) is 11.6 Å². The molecule has 0 saturated carbocycles. The van der Waals surface area contributed by atoms with Crippen LogP contribution in [0.5, 0.6) is 0 Å². The van der Waals surface area contributed by atoms with Gasteiger partial charge in [0, 0.05) is 25.2 Å². The van der Waals surface area contributed by atoms with Crippen LogP contribution in [-0.4, -0.2) is 41.6 Å². The van der Waals surface area contributed by atoms with Gasteiger partial charge < -0.3 is 15.5 Å². The fourth-order valence-electron chi connectivity index (χ4n) is 3.51. The molecule has 2 aliphatic heterocycles. The average molecular weight is 289 g/mol. The number of fused-ring (bicyclic) bond motifs is 1. The van der Waals surface area contributed by atoms with E-state index in [-0.39, 0.29) is 17.9 Å². The first kappa shape index (κ1) is 14.1. The smallest absolute Gasteiger partial charge is 0.225 e. The van der Waals surface area contributed by atoms with Crippen LogP contribution in [0.2, 0.25) is 0 Å². The lowest BCUT2D eigenvalue weighted by molar-refractivity contribution is -0.122. The Hall–Kier alpha value is -1.85. The number of rotatable bonds is 4. The summed E-state index contributed by atoms with van der Waals surface area (Å²) in [4.78, 5) is 23.1. The van der Waals surface area contributed by atoms with Crippen molar-refractivity contribution in [3.05, 3.63) is 11.9 Å². The zero-order chi connectivity index (χ0) is 14.8. The summed E-state index contributed by atoms with van der Waals surface area (Å²) < 4.78 is 0. The Morgan fingerprint density at radius 3 is 3.05 bits per heavy atom. The highest BCUT2D eigenvalue weighted by atomic mass is 16.2. The number of nitrogens with one attached hydrogen (secondary N) is 2. The van der Waals surface area contributed by atoms with Gasteiger partial charge in [0.05, 0.1) is 12.0 Å². The van der Waals surface area contributed by atoms with Crippen molar-refractivity contribution in [1.82, 2.24) is 15.3 Å². The first-order valence-electron chi connectivity index (χ1n) is 7.88. The summed E-state index contributed by atoms with van der Waals surface area (Å²) in [6.07, 6.45) is 4.53. The molecule has 2 unspecified atom stereocenters. The Morgan fingerprint density at radius 1 is 1.43 bits per heavy atom. The van der Waals surface area contributed by atoms with Gasteiger partial charge in [-0.25, -0.2) is 9.97 Å². The lowest BCUT2D eigenvalue weighted by Crippen LogP contribution is -2.46. The minimum absolute atomic E-state index is 0.112. The van der Waals surface area contributed by atoms with E-state index >= 15 is 0 Å². The number of nitrogens with zero attached hydrogens (tertiary/aromatic N) is 3. The van der Waals surface area contributed by atoms with Crippen LogP contribution < -0.4 is 15.5 Å². The Labute approximate surface area is 125 Å². The fraction of sp³-hybridized carbons (Fsp3) is 0.667. The standard InChI is InChI=1S/C15H23N5O/c1-3-10-13(16-4-2)18-9-19-14(10)20-7-5-6-11-12(20)8-17-15(11)21/h9,11-12H,3-8H2,1-2H3,(H,17,21)(H,16,18,19). The Bertz CT molecular complexity index is 533. The average Bonchev–Trinajstić information content (AvgIpc) is 2.89. The molecule has 3 rings (SSSR count). The number of carbonyl (C=O) groups is 1. The van der Waals surface area contributed by atoms with E-state index < -0.39 is 0 Å². The molecule has 0 radical (unpaired) electrons. The maximum atomic E-state index is 11.9. The van der Waals surface area contributed by atoms with E-state index in [4.69, 9.17) is 0 Å². The van der Waals surface area contributed by atoms with Crippen LogP contribution in [0.25, 0.3) is 0 Å². The molecule has 1 aromatic rings. The Morgan fingerprint density at radius 2 is 2.29 bits per heavy atom. The fourth-order valence-corrected chi connectivity index (χ4v) is 3.51. The number of hydrogen-bond acceptors (Lipinski definition) is 5. The minimum atomic E-state index is 0.112. The van der Waals surface area contributed by atoms with E-state index in [0.717, 1.165) is 56.1 Å². The third-order valence-electron chi connectivity index (χ3n) is 4.49. The predicted octanol–water partition coefficient (Wildman–Crippen LogP) is 1.19. The molecule has 1 amide bonds. The molecule has 2 atom stereocenters. The van der Waals surface area contributed by atoms with Gasteiger partial charge in [-0.15, -0.1) is 0 Å². The van der Waals surface area contributed by atoms with Gasteiger partial charge in [0.2, 0.25) is 5.91 Å². The molecule has 2 fully saturated rings. The quantitative estimate of drug-likeness (QED) is 0.871. The van der Waals surface area contributed by atoms with Crippen LogP contribution in [0, 0.1) is 5.92 Å². The zero-order valence-corrected chi connectivity index (χ0v) is 12.7. The molecular weight excluding hydrogens is 266 g/mol. The van der Waals surface area contributed by atoms with E-state index in [1.54, 1.807) is 6.33 Å². The Kier molecular flexibility index (Phi) is 3.94. The first-order valence-corrected chi connectivity index (χ1v) is 7.88. The highest BCUT2D eigenvalue weighted by Crippen LogP contribution is 2.33. The summed E-state index contributed by atoms with van der Waals surface area (Å²) in [5, 5.41) is 6.31. The SMILES string of the molecule is CCNc1ncnc(N2CCCC3C(=O)NCC32)c1CC. The van der Waals surface area contributed by atoms with Crippen molar-refractivity contribution in [1.29, 1.82) is 0 Å². The maximum Gasteiger partial charge on any atom is 0.225 e. The third-order valence-corrected chi connectivity index (χ3v) is 4.49. The summed E-state index contributed by atoms with van der Waals surface area (Å²) in [7, 11) is 0. The van der Waals surface area contributed by atoms with E-state index in [1.165, 1.54) is 0 Å². The van der Waals surface area contributed by atoms with Crippen molar-refractivity contribution in [2.45, 2.75) is 39.2 Å². The lowest BCUT2D eigenvalue weighted by atomic mass is 9.91. The molecule has 21 heavy (non-hydrogen) atoms. The largest absolute Gasteiger partial charge is 0.370 e. The number of amides is 1. The summed E-state index contributed by atoms with van der Waals surface area (Å²) in [6, 6.07) is 0.237. The molecule has 2 N–H and O–H groups in total. The van der Waals surface area contributed by atoms with Gasteiger partial charge in [-0.05, 0) is 26.2 Å². The summed E-state index contributed by atoms with van der Waals surface area (Å²) in [6.45, 7) is 6.73. The predicted molar refractivity (Wildman–Crippen MR) is 82.4 cm³/mol. The molecule has 6 heteroatoms. The summed E-state index contributed by atoms with van der Waals surface area (Å²) in [5.41, 5.74) is 1.15. The van der Waals surface area contributed by atoms with Crippen molar-refractivity contribution in [3.63, 3.8) is 0 Å². The number of carbonyl (C=O) groups excluding carboxylic acids is 1. The van der Waals surface area contributed by atoms with Crippen molar-refractivity contribution in [3.8, 4) is 0 Å². The minimum Gasteiger partial charge on any atom is -0.370 e. The van der Waals surface area contributed by atoms with Crippen molar-refractivity contribution < 1.29 is 4.79 Å². The monoisotopic (exact) mass is 289 g/mol. The van der Waals surface area contributed by atoms with Gasteiger partial charge in [-0.2, -0.15) is 0 Å². The normalized spacial score (nSPS) is 24.7. The molecule has 0 aliphatic carbocycles. The third kappa shape index (κ3) is 2.43. The molecule has 6 nitrogen and oxygen atoms in total. The van der Waals surface area contributed by atoms with E-state index in [1.807, 2.05) is 0 Å². The molecule has 2 saturated heterocycles. The topological polar surface area (TPSA) is 70.2 Å². The van der Waals surface area contributed by atoms with Gasteiger partial charge in [-0.3, -0.25) is 4.79 Å². The molecule has 2 aliphatic rings. The van der Waals surface area contributed by atoms with Gasteiger partial charge in [0.1, 0.15) is 18.0 Å². The number of piperidine rings is 1. The van der Waals surface area contributed by atoms with Crippen LogP contribution in [0.3, 0.4) is 0 Å². The molecule has 114 valence electrons. The van der Waals surface area contributed by atoms with Crippen LogP contribution in [-0.2, 0) is 11.2 Å². The highest BCUT2D eigenvalue weighted by molar-refractivity contribution is 5.83. The molecule has 1 aromatic heterocycles. The Balaban J connectivity index is 1.95. The van der Waals surface area contributed by atoms with Gasteiger partial charge in [0.25, 0.3) is 0 Å². The van der Waals surface area contributed by atoms with E-state index in [2.05, 4.69) is 39.3 Å². The van der Waals surface area contributed by atoms with E-state index in [0.29, 0.717) is 0 Å². The van der Waals surface area contributed by atoms with Crippen molar-refractivity contribution >= 4 is 17.5 Å². The van der Waals surface area contributed by atoms with Crippen LogP contribution in [0.15, 0.2) is 6.33 Å². The summed E-state index contributed by atoms with van der Waals surface area (Å²) in [5.74, 6) is 2.23. The van der Waals surface area contributed by atoms with Crippen molar-refractivity contribution in [2.24, 2.45) is 5.92 Å². The van der Waals surface area contributed by atoms with Gasteiger partial charge in [0.15, 0.2) is 0 Å². The zero-order valence-electron chi connectivity index (χ0n) is 12.7. The highest BCUT2D eigenvalue weighted by Gasteiger charge is 2.41. The van der Waals surface area contributed by atoms with Crippen LogP contribution in [0.1, 0.15) is 32.3 Å². The second-order valence-electron chi connectivity index (χ2n) is 5.66. The van der Waals surface area contributed by atoms with Crippen molar-refractivity contribution in [2.75, 3.05) is 29.9 Å². The van der Waals surface area contributed by atoms with E-state index in [9.17, 15) is 4.79 Å². The second-order valence-corrected chi connectivity index (χ2v) is 5.66. The number of aromatic nitrogens is 2. The van der Waals surface area contributed by atoms with Gasteiger partial charge in [-0.1, -0.05) is 6.92 Å². The number of anilines is 2. The molecular formula is C15H23N5O. The molecule has 3 heterocycles. The molecule has 0 aromatic carbocycles. The number of hydrogen-bond donors (Lipinski definition) is 2. The molecule has 0 spiro atoms.